The molecule has 4 heterocycles. The fourth-order valence-corrected chi connectivity index (χ4v) is 3.92. The molecule has 0 N–H and O–H groups in total. The highest BCUT2D eigenvalue weighted by atomic mass is 16.2. The van der Waals surface area contributed by atoms with Crippen LogP contribution in [-0.4, -0.2) is 55.6 Å². The molecule has 0 aliphatic carbocycles. The maximum atomic E-state index is 12.7. The number of pyridine rings is 1. The van der Waals surface area contributed by atoms with Crippen molar-refractivity contribution in [2.75, 3.05) is 13.1 Å². The molecule has 0 spiro atoms. The van der Waals surface area contributed by atoms with Crippen molar-refractivity contribution in [1.82, 2.24) is 24.6 Å². The van der Waals surface area contributed by atoms with Crippen LogP contribution in [0.4, 0.5) is 0 Å². The Morgan fingerprint density at radius 2 is 2.13 bits per heavy atom. The minimum atomic E-state index is 0.116. The highest BCUT2D eigenvalue weighted by molar-refractivity contribution is 5.94. The third kappa shape index (κ3) is 2.63. The molecule has 4 rings (SSSR count). The van der Waals surface area contributed by atoms with Crippen LogP contribution in [0.5, 0.6) is 0 Å². The van der Waals surface area contributed by atoms with Crippen LogP contribution in [0.25, 0.3) is 0 Å². The Bertz CT molecular complexity index is 698. The first-order chi connectivity index (χ1) is 11.2. The van der Waals surface area contributed by atoms with Gasteiger partial charge in [0.2, 0.25) is 0 Å². The Morgan fingerprint density at radius 1 is 1.26 bits per heavy atom. The van der Waals surface area contributed by atoms with Gasteiger partial charge in [-0.05, 0) is 25.0 Å². The quantitative estimate of drug-likeness (QED) is 0.857. The molecule has 0 aromatic carbocycles. The molecule has 6 heteroatoms. The Hall–Kier alpha value is -2.21. The van der Waals surface area contributed by atoms with E-state index in [0.717, 1.165) is 38.2 Å². The van der Waals surface area contributed by atoms with Crippen molar-refractivity contribution in [2.24, 2.45) is 7.05 Å². The van der Waals surface area contributed by atoms with Gasteiger partial charge in [-0.25, -0.2) is 0 Å². The van der Waals surface area contributed by atoms with Crippen molar-refractivity contribution in [1.29, 1.82) is 0 Å². The summed E-state index contributed by atoms with van der Waals surface area (Å²) >= 11 is 0. The minimum absolute atomic E-state index is 0.116. The van der Waals surface area contributed by atoms with E-state index in [2.05, 4.69) is 21.0 Å². The number of fused-ring (bicyclic) bond motifs is 1. The average molecular weight is 311 g/mol. The SMILES string of the molecule is Cn1cc(C(=O)N2CC[C@@H]3[C@@H]2CCN3Cc2ccccn2)cn1. The number of aromatic nitrogens is 3. The predicted octanol–water partition coefficient (Wildman–Crippen LogP) is 1.30. The lowest BCUT2D eigenvalue weighted by atomic mass is 10.1. The normalized spacial score (nSPS) is 24.1. The monoisotopic (exact) mass is 311 g/mol. The zero-order valence-electron chi connectivity index (χ0n) is 13.3. The third-order valence-electron chi connectivity index (χ3n) is 5.00. The molecule has 6 nitrogen and oxygen atoms in total. The zero-order chi connectivity index (χ0) is 15.8. The Labute approximate surface area is 135 Å². The topological polar surface area (TPSA) is 54.3 Å². The van der Waals surface area contributed by atoms with Crippen LogP contribution in [-0.2, 0) is 13.6 Å². The summed E-state index contributed by atoms with van der Waals surface area (Å²) in [5.74, 6) is 0.116. The zero-order valence-corrected chi connectivity index (χ0v) is 13.3. The maximum absolute atomic E-state index is 12.7. The first-order valence-electron chi connectivity index (χ1n) is 8.16. The Balaban J connectivity index is 1.46. The van der Waals surface area contributed by atoms with E-state index in [-0.39, 0.29) is 5.91 Å². The number of carbonyl (C=O) groups is 1. The van der Waals surface area contributed by atoms with Crippen LogP contribution in [0.1, 0.15) is 28.9 Å². The molecular weight excluding hydrogens is 290 g/mol. The number of aryl methyl sites for hydroxylation is 1. The molecule has 2 saturated heterocycles. The summed E-state index contributed by atoms with van der Waals surface area (Å²) in [7, 11) is 1.84. The maximum Gasteiger partial charge on any atom is 0.257 e. The molecule has 0 radical (unpaired) electrons. The fraction of sp³-hybridized carbons (Fsp3) is 0.471. The number of amides is 1. The molecule has 0 unspecified atom stereocenters. The minimum Gasteiger partial charge on any atom is -0.334 e. The summed E-state index contributed by atoms with van der Waals surface area (Å²) in [6.45, 7) is 2.74. The summed E-state index contributed by atoms with van der Waals surface area (Å²) in [5.41, 5.74) is 1.79. The second-order valence-electron chi connectivity index (χ2n) is 6.40. The van der Waals surface area contributed by atoms with E-state index in [9.17, 15) is 4.79 Å². The molecule has 1 amide bonds. The molecule has 0 bridgehead atoms. The highest BCUT2D eigenvalue weighted by Crippen LogP contribution is 2.33. The average Bonchev–Trinajstić information content (AvgIpc) is 3.25. The summed E-state index contributed by atoms with van der Waals surface area (Å²) in [5, 5.41) is 4.12. The number of hydrogen-bond acceptors (Lipinski definition) is 4. The molecule has 2 aliphatic heterocycles. The van der Waals surface area contributed by atoms with Crippen molar-refractivity contribution >= 4 is 5.91 Å². The molecule has 2 fully saturated rings. The summed E-state index contributed by atoms with van der Waals surface area (Å²) in [4.78, 5) is 21.7. The summed E-state index contributed by atoms with van der Waals surface area (Å²) in [6, 6.07) is 6.83. The van der Waals surface area contributed by atoms with Crippen LogP contribution in [0.2, 0.25) is 0 Å². The van der Waals surface area contributed by atoms with Gasteiger partial charge in [-0.3, -0.25) is 19.4 Å². The number of likely N-dealkylation sites (tertiary alicyclic amines) is 2. The Kier molecular flexibility index (Phi) is 3.61. The van der Waals surface area contributed by atoms with Crippen molar-refractivity contribution in [3.63, 3.8) is 0 Å². The van der Waals surface area contributed by atoms with E-state index in [0.29, 0.717) is 17.6 Å². The number of rotatable bonds is 3. The summed E-state index contributed by atoms with van der Waals surface area (Å²) < 4.78 is 1.68. The Morgan fingerprint density at radius 3 is 2.87 bits per heavy atom. The molecule has 2 aliphatic rings. The van der Waals surface area contributed by atoms with Gasteiger partial charge in [0.15, 0.2) is 0 Å². The molecule has 0 saturated carbocycles. The number of hydrogen-bond donors (Lipinski definition) is 0. The fourth-order valence-electron chi connectivity index (χ4n) is 3.92. The number of carbonyl (C=O) groups excluding carboxylic acids is 1. The lowest BCUT2D eigenvalue weighted by Crippen LogP contribution is -2.39. The van der Waals surface area contributed by atoms with Crippen molar-refractivity contribution in [3.8, 4) is 0 Å². The van der Waals surface area contributed by atoms with Gasteiger partial charge < -0.3 is 4.90 Å². The van der Waals surface area contributed by atoms with Gasteiger partial charge >= 0.3 is 0 Å². The summed E-state index contributed by atoms with van der Waals surface area (Å²) in [6.07, 6.45) is 7.40. The standard InChI is InChI=1S/C17H21N5O/c1-20-11-13(10-19-20)17(23)22-9-6-15-16(22)5-8-21(15)12-14-4-2-3-7-18-14/h2-4,7,10-11,15-16H,5-6,8-9,12H2,1H3/t15-,16+/m1/s1. The van der Waals surface area contributed by atoms with Crippen molar-refractivity contribution in [3.05, 3.63) is 48.0 Å². The van der Waals surface area contributed by atoms with E-state index in [1.165, 1.54) is 0 Å². The van der Waals surface area contributed by atoms with Crippen LogP contribution >= 0.6 is 0 Å². The van der Waals surface area contributed by atoms with Gasteiger partial charge in [-0.1, -0.05) is 6.07 Å². The predicted molar refractivity (Wildman–Crippen MR) is 85.7 cm³/mol. The van der Waals surface area contributed by atoms with E-state index < -0.39 is 0 Å². The van der Waals surface area contributed by atoms with Crippen molar-refractivity contribution in [2.45, 2.75) is 31.5 Å². The van der Waals surface area contributed by atoms with Gasteiger partial charge in [0.05, 0.1) is 17.5 Å². The molecule has 2 aromatic heterocycles. The number of nitrogens with zero attached hydrogens (tertiary/aromatic N) is 5. The van der Waals surface area contributed by atoms with Gasteiger partial charge in [-0.2, -0.15) is 5.10 Å². The van der Waals surface area contributed by atoms with E-state index >= 15 is 0 Å². The van der Waals surface area contributed by atoms with E-state index in [1.807, 2.05) is 30.3 Å². The van der Waals surface area contributed by atoms with E-state index in [4.69, 9.17) is 0 Å². The smallest absolute Gasteiger partial charge is 0.257 e. The second kappa shape index (κ2) is 5.77. The van der Waals surface area contributed by atoms with Crippen LogP contribution in [0.15, 0.2) is 36.8 Å². The molecule has 2 aromatic rings. The van der Waals surface area contributed by atoms with Crippen molar-refractivity contribution < 1.29 is 4.79 Å². The highest BCUT2D eigenvalue weighted by Gasteiger charge is 2.44. The van der Waals surface area contributed by atoms with Crippen LogP contribution < -0.4 is 0 Å². The first kappa shape index (κ1) is 14.4. The second-order valence-corrected chi connectivity index (χ2v) is 6.40. The van der Waals surface area contributed by atoms with Crippen LogP contribution in [0.3, 0.4) is 0 Å². The molecule has 120 valence electrons. The van der Waals surface area contributed by atoms with Crippen LogP contribution in [0, 0.1) is 0 Å². The largest absolute Gasteiger partial charge is 0.334 e. The van der Waals surface area contributed by atoms with Gasteiger partial charge in [0, 0.05) is 51.2 Å². The van der Waals surface area contributed by atoms with Gasteiger partial charge in [0.25, 0.3) is 5.91 Å². The van der Waals surface area contributed by atoms with E-state index in [1.54, 1.807) is 17.1 Å². The molecule has 2 atom stereocenters. The third-order valence-corrected chi connectivity index (χ3v) is 5.00. The van der Waals surface area contributed by atoms with Gasteiger partial charge in [0.1, 0.15) is 0 Å². The lowest BCUT2D eigenvalue weighted by Gasteiger charge is -2.25. The first-order valence-corrected chi connectivity index (χ1v) is 8.16. The molecular formula is C17H21N5O. The lowest BCUT2D eigenvalue weighted by molar-refractivity contribution is 0.0731. The molecule has 23 heavy (non-hydrogen) atoms. The van der Waals surface area contributed by atoms with Gasteiger partial charge in [-0.15, -0.1) is 0 Å².